The minimum atomic E-state index is -2.25. The Morgan fingerprint density at radius 1 is 1.03 bits per heavy atom. The number of piperazine rings is 1. The van der Waals surface area contributed by atoms with E-state index in [9.17, 15) is 18.0 Å². The first-order valence-electron chi connectivity index (χ1n) is 12.5. The van der Waals surface area contributed by atoms with Gasteiger partial charge in [-0.15, -0.1) is 0 Å². The molecule has 0 bridgehead atoms. The fourth-order valence-electron chi connectivity index (χ4n) is 4.94. The molecule has 0 aliphatic carbocycles. The van der Waals surface area contributed by atoms with Gasteiger partial charge in [0.15, 0.2) is 0 Å². The maximum atomic E-state index is 14.9. The van der Waals surface area contributed by atoms with Gasteiger partial charge >= 0.3 is 0 Å². The molecule has 0 spiro atoms. The predicted octanol–water partition coefficient (Wildman–Crippen LogP) is 3.99. The lowest BCUT2D eigenvalue weighted by Crippen LogP contribution is -2.46. The highest BCUT2D eigenvalue weighted by Gasteiger charge is 2.21. The zero-order valence-corrected chi connectivity index (χ0v) is 20.4. The summed E-state index contributed by atoms with van der Waals surface area (Å²) < 4.78 is 39.6. The van der Waals surface area contributed by atoms with E-state index in [0.717, 1.165) is 43.0 Å². The van der Waals surface area contributed by atoms with Crippen LogP contribution in [0.25, 0.3) is 22.4 Å². The third-order valence-electron chi connectivity index (χ3n) is 7.00. The van der Waals surface area contributed by atoms with Gasteiger partial charge in [-0.3, -0.25) is 14.7 Å². The molecule has 0 unspecified atom stereocenters. The van der Waals surface area contributed by atoms with Crippen molar-refractivity contribution in [3.63, 3.8) is 0 Å². The van der Waals surface area contributed by atoms with Gasteiger partial charge in [-0.25, -0.2) is 13.8 Å². The standard InChI is InChI=1S/C27H29F3N6O/c28-24(29)2-1-9-35-10-12-36(13-11-35)19-4-6-23(33-16-19)22-15-21(26(31)34-25(22)30)17-3-5-20-18(14-17)7-8-32-27(20)37/h3-6,14-16,24H,1-2,7-13H2,(H2,31,34)(H,32,37). The lowest BCUT2D eigenvalue weighted by atomic mass is 9.94. The van der Waals surface area contributed by atoms with E-state index in [1.807, 2.05) is 12.1 Å². The summed E-state index contributed by atoms with van der Waals surface area (Å²) in [6.07, 6.45) is 0.618. The number of aromatic nitrogens is 2. The van der Waals surface area contributed by atoms with Crippen molar-refractivity contribution in [1.82, 2.24) is 20.2 Å². The van der Waals surface area contributed by atoms with Crippen molar-refractivity contribution in [3.8, 4) is 22.4 Å². The van der Waals surface area contributed by atoms with Crippen molar-refractivity contribution >= 4 is 17.4 Å². The van der Waals surface area contributed by atoms with E-state index >= 15 is 0 Å². The first kappa shape index (κ1) is 25.0. The molecule has 3 N–H and O–H groups in total. The Kier molecular flexibility index (Phi) is 7.27. The van der Waals surface area contributed by atoms with E-state index in [2.05, 4.69) is 25.1 Å². The summed E-state index contributed by atoms with van der Waals surface area (Å²) in [5.74, 6) is -0.725. The van der Waals surface area contributed by atoms with Crippen molar-refractivity contribution in [2.45, 2.75) is 25.7 Å². The molecular formula is C27H29F3N6O. The van der Waals surface area contributed by atoms with Crippen molar-refractivity contribution in [2.24, 2.45) is 0 Å². The normalized spacial score (nSPS) is 16.1. The number of carbonyl (C=O) groups is 1. The number of nitrogens with two attached hydrogens (primary N) is 1. The van der Waals surface area contributed by atoms with Gasteiger partial charge in [0.25, 0.3) is 5.91 Å². The Morgan fingerprint density at radius 2 is 1.84 bits per heavy atom. The number of anilines is 2. The predicted molar refractivity (Wildman–Crippen MR) is 137 cm³/mol. The van der Waals surface area contributed by atoms with Gasteiger partial charge in [-0.2, -0.15) is 4.39 Å². The Hall–Kier alpha value is -3.66. The third-order valence-corrected chi connectivity index (χ3v) is 7.00. The summed E-state index contributed by atoms with van der Waals surface area (Å²) in [4.78, 5) is 24.9. The number of nitrogens with one attached hydrogen (secondary N) is 1. The van der Waals surface area contributed by atoms with E-state index in [4.69, 9.17) is 5.73 Å². The summed E-state index contributed by atoms with van der Waals surface area (Å²) in [5.41, 5.74) is 10.6. The Balaban J connectivity index is 1.31. The molecule has 0 radical (unpaired) electrons. The van der Waals surface area contributed by atoms with E-state index in [1.54, 1.807) is 30.5 Å². The highest BCUT2D eigenvalue weighted by Crippen LogP contribution is 2.33. The number of pyridine rings is 2. The molecule has 1 aromatic carbocycles. The van der Waals surface area contributed by atoms with E-state index in [-0.39, 0.29) is 23.7 Å². The van der Waals surface area contributed by atoms with Gasteiger partial charge in [-0.05, 0) is 54.8 Å². The van der Waals surface area contributed by atoms with Crippen LogP contribution < -0.4 is 16.0 Å². The summed E-state index contributed by atoms with van der Waals surface area (Å²) in [5, 5.41) is 2.82. The van der Waals surface area contributed by atoms with Crippen LogP contribution in [-0.4, -0.2) is 66.5 Å². The van der Waals surface area contributed by atoms with Gasteiger partial charge in [0.1, 0.15) is 5.82 Å². The van der Waals surface area contributed by atoms with Crippen LogP contribution in [0.4, 0.5) is 24.7 Å². The van der Waals surface area contributed by atoms with Gasteiger partial charge in [0.05, 0.1) is 23.1 Å². The Labute approximate surface area is 213 Å². The van der Waals surface area contributed by atoms with Crippen LogP contribution in [0.1, 0.15) is 28.8 Å². The largest absolute Gasteiger partial charge is 0.383 e. The topological polar surface area (TPSA) is 87.4 Å². The molecule has 1 saturated heterocycles. The number of nitrogen functional groups attached to an aromatic ring is 1. The maximum absolute atomic E-state index is 14.9. The highest BCUT2D eigenvalue weighted by atomic mass is 19.3. The molecule has 10 heteroatoms. The number of benzene rings is 1. The van der Waals surface area contributed by atoms with Gasteiger partial charge < -0.3 is 16.0 Å². The van der Waals surface area contributed by atoms with Crippen LogP contribution in [0.3, 0.4) is 0 Å². The van der Waals surface area contributed by atoms with Crippen molar-refractivity contribution < 1.29 is 18.0 Å². The smallest absolute Gasteiger partial charge is 0.251 e. The number of rotatable bonds is 7. The monoisotopic (exact) mass is 510 g/mol. The van der Waals surface area contributed by atoms with E-state index < -0.39 is 12.4 Å². The first-order valence-corrected chi connectivity index (χ1v) is 12.5. The molecule has 7 nitrogen and oxygen atoms in total. The molecule has 0 saturated carbocycles. The minimum Gasteiger partial charge on any atom is -0.383 e. The van der Waals surface area contributed by atoms with Crippen LogP contribution in [-0.2, 0) is 6.42 Å². The molecule has 4 heterocycles. The molecule has 2 aliphatic rings. The van der Waals surface area contributed by atoms with Crippen LogP contribution in [0.2, 0.25) is 0 Å². The quantitative estimate of drug-likeness (QED) is 0.468. The number of carbonyl (C=O) groups excluding carboxylic acids is 1. The Morgan fingerprint density at radius 3 is 2.57 bits per heavy atom. The molecule has 2 aliphatic heterocycles. The molecule has 194 valence electrons. The second-order valence-electron chi connectivity index (χ2n) is 9.40. The SMILES string of the molecule is Nc1nc(F)c(-c2ccc(N3CCN(CCCC(F)F)CC3)cn2)cc1-c1ccc2c(c1)CCNC2=O. The molecule has 1 amide bonds. The van der Waals surface area contributed by atoms with Crippen molar-refractivity contribution in [1.29, 1.82) is 0 Å². The third kappa shape index (κ3) is 5.53. The molecule has 37 heavy (non-hydrogen) atoms. The number of halogens is 3. The second kappa shape index (κ2) is 10.8. The van der Waals surface area contributed by atoms with Crippen molar-refractivity contribution in [3.05, 3.63) is 59.7 Å². The first-order chi connectivity index (χ1) is 17.9. The van der Waals surface area contributed by atoms with E-state index in [0.29, 0.717) is 42.8 Å². The maximum Gasteiger partial charge on any atom is 0.251 e. The summed E-state index contributed by atoms with van der Waals surface area (Å²) in [6.45, 7) is 4.39. The van der Waals surface area contributed by atoms with Crippen LogP contribution in [0.15, 0.2) is 42.6 Å². The van der Waals surface area contributed by atoms with Gasteiger partial charge in [0.2, 0.25) is 12.4 Å². The molecule has 3 aromatic rings. The molecular weight excluding hydrogens is 481 g/mol. The van der Waals surface area contributed by atoms with Crippen LogP contribution >= 0.6 is 0 Å². The van der Waals surface area contributed by atoms with Crippen LogP contribution in [0, 0.1) is 5.95 Å². The average molecular weight is 511 g/mol. The summed E-state index contributed by atoms with van der Waals surface area (Å²) in [7, 11) is 0. The lowest BCUT2D eigenvalue weighted by Gasteiger charge is -2.36. The van der Waals surface area contributed by atoms with E-state index in [1.165, 1.54) is 0 Å². The molecule has 1 fully saturated rings. The summed E-state index contributed by atoms with van der Waals surface area (Å²) >= 11 is 0. The van der Waals surface area contributed by atoms with Crippen LogP contribution in [0.5, 0.6) is 0 Å². The number of alkyl halides is 2. The lowest BCUT2D eigenvalue weighted by molar-refractivity contribution is 0.0946. The second-order valence-corrected chi connectivity index (χ2v) is 9.40. The fourth-order valence-corrected chi connectivity index (χ4v) is 4.94. The molecule has 2 aromatic heterocycles. The van der Waals surface area contributed by atoms with Gasteiger partial charge in [0, 0.05) is 50.3 Å². The van der Waals surface area contributed by atoms with Crippen molar-refractivity contribution in [2.75, 3.05) is 49.9 Å². The molecule has 5 rings (SSSR count). The fraction of sp³-hybridized carbons (Fsp3) is 0.370. The van der Waals surface area contributed by atoms with Gasteiger partial charge in [-0.1, -0.05) is 12.1 Å². The summed E-state index contributed by atoms with van der Waals surface area (Å²) in [6, 6.07) is 10.8. The molecule has 0 atom stereocenters. The highest BCUT2D eigenvalue weighted by molar-refractivity contribution is 5.97. The minimum absolute atomic E-state index is 0.0620. The average Bonchev–Trinajstić information content (AvgIpc) is 2.89. The zero-order valence-electron chi connectivity index (χ0n) is 20.4. The number of fused-ring (bicyclic) bond motifs is 1. The number of hydrogen-bond acceptors (Lipinski definition) is 6. The number of nitrogens with zero attached hydrogens (tertiary/aromatic N) is 4. The zero-order chi connectivity index (χ0) is 25.9. The number of hydrogen-bond donors (Lipinski definition) is 2. The Bertz CT molecular complexity index is 1280. The number of amides is 1.